The van der Waals surface area contributed by atoms with Crippen LogP contribution in [0.15, 0.2) is 30.3 Å². The molecule has 0 unspecified atom stereocenters. The highest BCUT2D eigenvalue weighted by molar-refractivity contribution is 6.33. The third kappa shape index (κ3) is 3.35. The number of carbonyl (C=O) groups excluding carboxylic acids is 1. The number of halogens is 1. The molecule has 0 N–H and O–H groups in total. The zero-order chi connectivity index (χ0) is 18.1. The lowest BCUT2D eigenvalue weighted by molar-refractivity contribution is 0.0960. The molecular weight excluding hydrogens is 338 g/mol. The summed E-state index contributed by atoms with van der Waals surface area (Å²) in [5.41, 5.74) is 3.42. The molecule has 0 fully saturated rings. The lowest BCUT2D eigenvalue weighted by atomic mass is 10.1. The maximum Gasteiger partial charge on any atom is 0.206 e. The van der Waals surface area contributed by atoms with Crippen molar-refractivity contribution in [3.05, 3.63) is 52.3 Å². The van der Waals surface area contributed by atoms with E-state index in [9.17, 15) is 4.79 Å². The number of ketones is 1. The average Bonchev–Trinajstić information content (AvgIpc) is 3.12. The summed E-state index contributed by atoms with van der Waals surface area (Å²) < 4.78 is 2.15. The number of rotatable bonds is 5. The number of Topliss-reactive ketones (excluding diaryl/α,β-unsaturated/α-hetero) is 1. The van der Waals surface area contributed by atoms with E-state index in [0.29, 0.717) is 28.0 Å². The van der Waals surface area contributed by atoms with E-state index in [0.717, 1.165) is 11.4 Å². The Bertz CT molecular complexity index is 925. The predicted octanol–water partition coefficient (Wildman–Crippen LogP) is 3.88. The summed E-state index contributed by atoms with van der Waals surface area (Å²) in [7, 11) is 0. The molecule has 130 valence electrons. The molecule has 3 rings (SSSR count). The second-order valence-corrected chi connectivity index (χ2v) is 6.70. The monoisotopic (exact) mass is 357 g/mol. The number of aryl methyl sites for hydroxylation is 1. The Hall–Kier alpha value is -2.47. The third-order valence-electron chi connectivity index (χ3n) is 4.15. The smallest absolute Gasteiger partial charge is 0.206 e. The van der Waals surface area contributed by atoms with Gasteiger partial charge in [0.25, 0.3) is 0 Å². The molecule has 6 nitrogen and oxygen atoms in total. The number of carbonyl (C=O) groups is 1. The molecule has 7 heteroatoms. The van der Waals surface area contributed by atoms with Gasteiger partial charge in [0.1, 0.15) is 6.54 Å². The molecule has 0 aliphatic carbocycles. The first-order chi connectivity index (χ1) is 11.9. The van der Waals surface area contributed by atoms with E-state index < -0.39 is 0 Å². The summed E-state index contributed by atoms with van der Waals surface area (Å²) in [5, 5.41) is 12.8. The topological polar surface area (TPSA) is 65.6 Å². The third-order valence-corrected chi connectivity index (χ3v) is 4.48. The fourth-order valence-corrected chi connectivity index (χ4v) is 3.35. The largest absolute Gasteiger partial charge is 0.346 e. The van der Waals surface area contributed by atoms with Crippen molar-refractivity contribution in [1.82, 2.24) is 24.8 Å². The number of hydrogen-bond donors (Lipinski definition) is 0. The Morgan fingerprint density at radius 1 is 1.24 bits per heavy atom. The summed E-state index contributed by atoms with van der Waals surface area (Å²) >= 11 is 6.15. The van der Waals surface area contributed by atoms with Gasteiger partial charge in [-0.15, -0.1) is 10.2 Å². The Labute approximate surface area is 151 Å². The van der Waals surface area contributed by atoms with Crippen LogP contribution in [0.5, 0.6) is 0 Å². The maximum absolute atomic E-state index is 12.7. The highest BCUT2D eigenvalue weighted by Gasteiger charge is 2.19. The summed E-state index contributed by atoms with van der Waals surface area (Å²) in [6, 6.07) is 9.50. The van der Waals surface area contributed by atoms with Crippen LogP contribution in [0.25, 0.3) is 11.4 Å². The van der Waals surface area contributed by atoms with Gasteiger partial charge in [-0.05, 0) is 51.1 Å². The van der Waals surface area contributed by atoms with Gasteiger partial charge in [-0.1, -0.05) is 23.7 Å². The van der Waals surface area contributed by atoms with Crippen molar-refractivity contribution < 1.29 is 4.79 Å². The van der Waals surface area contributed by atoms with Gasteiger partial charge >= 0.3 is 0 Å². The zero-order valence-corrected chi connectivity index (χ0v) is 15.4. The first kappa shape index (κ1) is 17.4. The van der Waals surface area contributed by atoms with E-state index in [-0.39, 0.29) is 12.3 Å². The molecule has 0 spiro atoms. The van der Waals surface area contributed by atoms with Crippen LogP contribution in [0.3, 0.4) is 0 Å². The van der Waals surface area contributed by atoms with Gasteiger partial charge in [0, 0.05) is 28.6 Å². The molecule has 0 atom stereocenters. The first-order valence-corrected chi connectivity index (χ1v) is 8.50. The van der Waals surface area contributed by atoms with Crippen molar-refractivity contribution in [2.45, 2.75) is 40.3 Å². The second kappa shape index (κ2) is 6.80. The second-order valence-electron chi connectivity index (χ2n) is 6.30. The minimum absolute atomic E-state index is 0.0388. The van der Waals surface area contributed by atoms with E-state index >= 15 is 0 Å². The molecule has 3 aromatic rings. The summed E-state index contributed by atoms with van der Waals surface area (Å²) in [4.78, 5) is 14.0. The molecule has 0 bridgehead atoms. The number of tetrazole rings is 1. The minimum atomic E-state index is -0.0388. The van der Waals surface area contributed by atoms with Crippen LogP contribution in [0.2, 0.25) is 5.02 Å². The van der Waals surface area contributed by atoms with Crippen molar-refractivity contribution in [1.29, 1.82) is 0 Å². The molecule has 0 amide bonds. The minimum Gasteiger partial charge on any atom is -0.346 e. The molecule has 2 heterocycles. The predicted molar refractivity (Wildman–Crippen MR) is 96.9 cm³/mol. The maximum atomic E-state index is 12.7. The van der Waals surface area contributed by atoms with Gasteiger partial charge < -0.3 is 4.57 Å². The number of nitrogens with zero attached hydrogens (tertiary/aromatic N) is 5. The van der Waals surface area contributed by atoms with E-state index in [2.05, 4.69) is 33.8 Å². The highest BCUT2D eigenvalue weighted by Crippen LogP contribution is 2.24. The quantitative estimate of drug-likeness (QED) is 0.650. The fourth-order valence-electron chi connectivity index (χ4n) is 3.13. The molecule has 0 aliphatic heterocycles. The Morgan fingerprint density at radius 3 is 2.60 bits per heavy atom. The van der Waals surface area contributed by atoms with Crippen molar-refractivity contribution in [2.75, 3.05) is 0 Å². The number of hydrogen-bond acceptors (Lipinski definition) is 4. The van der Waals surface area contributed by atoms with Gasteiger partial charge in [0.2, 0.25) is 5.82 Å². The van der Waals surface area contributed by atoms with Crippen LogP contribution in [-0.4, -0.2) is 30.6 Å². The van der Waals surface area contributed by atoms with Crippen LogP contribution in [0, 0.1) is 13.8 Å². The van der Waals surface area contributed by atoms with Gasteiger partial charge in [-0.3, -0.25) is 4.79 Å². The molecule has 0 saturated carbocycles. The van der Waals surface area contributed by atoms with Crippen molar-refractivity contribution >= 4 is 17.4 Å². The standard InChI is InChI=1S/C18H20ClN5O/c1-11(2)24-12(3)9-15(13(24)4)17(25)10-23-21-18(20-22-23)14-7-5-6-8-16(14)19/h5-9,11H,10H2,1-4H3. The summed E-state index contributed by atoms with van der Waals surface area (Å²) in [6.07, 6.45) is 0. The van der Waals surface area contributed by atoms with Crippen LogP contribution < -0.4 is 0 Å². The molecule has 25 heavy (non-hydrogen) atoms. The van der Waals surface area contributed by atoms with E-state index in [1.807, 2.05) is 38.1 Å². The first-order valence-electron chi connectivity index (χ1n) is 8.12. The van der Waals surface area contributed by atoms with Crippen LogP contribution in [0.1, 0.15) is 41.6 Å². The normalized spacial score (nSPS) is 11.3. The van der Waals surface area contributed by atoms with Crippen molar-refractivity contribution in [3.63, 3.8) is 0 Å². The zero-order valence-electron chi connectivity index (χ0n) is 14.7. The van der Waals surface area contributed by atoms with Crippen molar-refractivity contribution in [3.8, 4) is 11.4 Å². The lowest BCUT2D eigenvalue weighted by Gasteiger charge is -2.13. The Balaban J connectivity index is 1.83. The van der Waals surface area contributed by atoms with E-state index in [1.165, 1.54) is 4.80 Å². The molecule has 0 aliphatic rings. The van der Waals surface area contributed by atoms with Gasteiger partial charge in [-0.2, -0.15) is 4.80 Å². The van der Waals surface area contributed by atoms with Gasteiger partial charge in [0.15, 0.2) is 5.78 Å². The van der Waals surface area contributed by atoms with Gasteiger partial charge in [-0.25, -0.2) is 0 Å². The summed E-state index contributed by atoms with van der Waals surface area (Å²) in [5.74, 6) is 0.370. The van der Waals surface area contributed by atoms with Crippen LogP contribution in [0.4, 0.5) is 0 Å². The van der Waals surface area contributed by atoms with Crippen LogP contribution in [-0.2, 0) is 6.54 Å². The number of aromatic nitrogens is 5. The SMILES string of the molecule is Cc1cc(C(=O)Cn2nnc(-c3ccccc3Cl)n2)c(C)n1C(C)C. The number of benzene rings is 1. The van der Waals surface area contributed by atoms with Crippen molar-refractivity contribution in [2.24, 2.45) is 0 Å². The molecule has 2 aromatic heterocycles. The lowest BCUT2D eigenvalue weighted by Crippen LogP contribution is -2.14. The van der Waals surface area contributed by atoms with E-state index in [4.69, 9.17) is 11.6 Å². The molecule has 1 aromatic carbocycles. The molecular formula is C18H20ClN5O. The molecule has 0 radical (unpaired) electrons. The highest BCUT2D eigenvalue weighted by atomic mass is 35.5. The summed E-state index contributed by atoms with van der Waals surface area (Å²) in [6.45, 7) is 8.21. The van der Waals surface area contributed by atoms with E-state index in [1.54, 1.807) is 6.07 Å². The molecule has 0 saturated heterocycles. The average molecular weight is 358 g/mol. The van der Waals surface area contributed by atoms with Crippen LogP contribution >= 0.6 is 11.6 Å². The van der Waals surface area contributed by atoms with Gasteiger partial charge in [0.05, 0.1) is 5.02 Å². The Kier molecular flexibility index (Phi) is 4.72. The fraction of sp³-hybridized carbons (Fsp3) is 0.333. The Morgan fingerprint density at radius 2 is 1.96 bits per heavy atom.